The maximum atomic E-state index is 11.5. The van der Waals surface area contributed by atoms with Crippen LogP contribution >= 0.6 is 0 Å². The van der Waals surface area contributed by atoms with Crippen LogP contribution in [-0.4, -0.2) is 26.3 Å². The van der Waals surface area contributed by atoms with Gasteiger partial charge in [0.1, 0.15) is 6.61 Å². The van der Waals surface area contributed by atoms with Gasteiger partial charge in [0, 0.05) is 6.42 Å². The summed E-state index contributed by atoms with van der Waals surface area (Å²) in [5.41, 5.74) is 1.98. The summed E-state index contributed by atoms with van der Waals surface area (Å²) in [6.07, 6.45) is 0.816. The second-order valence-electron chi connectivity index (χ2n) is 6.14. The topological polar surface area (TPSA) is 54.0 Å². The number of benzene rings is 2. The van der Waals surface area contributed by atoms with Gasteiger partial charge in [0.05, 0.1) is 20.3 Å². The van der Waals surface area contributed by atoms with E-state index in [-0.39, 0.29) is 12.1 Å². The van der Waals surface area contributed by atoms with Crippen molar-refractivity contribution in [2.45, 2.75) is 39.4 Å². The molecule has 5 nitrogen and oxygen atoms in total. The summed E-state index contributed by atoms with van der Waals surface area (Å²) < 4.78 is 22.1. The predicted molar refractivity (Wildman–Crippen MR) is 99.9 cm³/mol. The van der Waals surface area contributed by atoms with E-state index >= 15 is 0 Å². The molecule has 2 rings (SSSR count). The molecule has 0 saturated carbocycles. The molecule has 0 aliphatic heterocycles. The van der Waals surface area contributed by atoms with E-state index in [1.54, 1.807) is 7.11 Å². The van der Waals surface area contributed by atoms with Crippen LogP contribution in [0.5, 0.6) is 17.2 Å². The Kier molecular flexibility index (Phi) is 7.33. The molecule has 0 aromatic heterocycles. The summed E-state index contributed by atoms with van der Waals surface area (Å²) in [6.45, 7) is 4.31. The number of ether oxygens (including phenoxy) is 4. The monoisotopic (exact) mass is 358 g/mol. The molecule has 140 valence electrons. The van der Waals surface area contributed by atoms with E-state index in [0.29, 0.717) is 36.7 Å². The van der Waals surface area contributed by atoms with E-state index in [2.05, 4.69) is 0 Å². The fourth-order valence-electron chi connectivity index (χ4n) is 2.51. The third-order valence-corrected chi connectivity index (χ3v) is 3.73. The van der Waals surface area contributed by atoms with Crippen molar-refractivity contribution < 1.29 is 23.7 Å². The van der Waals surface area contributed by atoms with Crippen LogP contribution in [0.25, 0.3) is 0 Å². The zero-order valence-electron chi connectivity index (χ0n) is 15.8. The first-order valence-electron chi connectivity index (χ1n) is 8.64. The number of hydrogen-bond donors (Lipinski definition) is 0. The van der Waals surface area contributed by atoms with E-state index in [4.69, 9.17) is 18.9 Å². The van der Waals surface area contributed by atoms with Crippen LogP contribution in [0.4, 0.5) is 0 Å². The first-order valence-corrected chi connectivity index (χ1v) is 8.64. The maximum absolute atomic E-state index is 11.5. The fourth-order valence-corrected chi connectivity index (χ4v) is 2.51. The van der Waals surface area contributed by atoms with Crippen LogP contribution in [0.1, 0.15) is 31.4 Å². The molecule has 0 fully saturated rings. The molecule has 0 spiro atoms. The van der Waals surface area contributed by atoms with Gasteiger partial charge in [-0.25, -0.2) is 0 Å². The molecule has 0 aliphatic carbocycles. The van der Waals surface area contributed by atoms with E-state index in [0.717, 1.165) is 11.1 Å². The lowest BCUT2D eigenvalue weighted by Crippen LogP contribution is -2.09. The van der Waals surface area contributed by atoms with E-state index in [1.807, 2.05) is 56.3 Å². The van der Waals surface area contributed by atoms with Crippen LogP contribution in [0.3, 0.4) is 0 Å². The highest BCUT2D eigenvalue weighted by Gasteiger charge is 2.16. The van der Waals surface area contributed by atoms with Gasteiger partial charge in [0.25, 0.3) is 0 Å². The molecule has 5 heteroatoms. The lowest BCUT2D eigenvalue weighted by Gasteiger charge is -2.18. The number of hydrogen-bond acceptors (Lipinski definition) is 5. The quantitative estimate of drug-likeness (QED) is 0.630. The Morgan fingerprint density at radius 3 is 2.31 bits per heavy atom. The van der Waals surface area contributed by atoms with Crippen LogP contribution in [-0.2, 0) is 22.6 Å². The molecule has 0 unspecified atom stereocenters. The Bertz CT molecular complexity index is 710. The first kappa shape index (κ1) is 19.6. The van der Waals surface area contributed by atoms with Gasteiger partial charge in [0.15, 0.2) is 11.5 Å². The van der Waals surface area contributed by atoms with E-state index < -0.39 is 0 Å². The Morgan fingerprint density at radius 2 is 1.69 bits per heavy atom. The molecule has 0 amide bonds. The van der Waals surface area contributed by atoms with Crippen molar-refractivity contribution in [3.63, 3.8) is 0 Å². The zero-order valence-corrected chi connectivity index (χ0v) is 15.8. The van der Waals surface area contributed by atoms with Crippen molar-refractivity contribution in [2.24, 2.45) is 0 Å². The number of carbonyl (C=O) groups excluding carboxylic acids is 1. The third kappa shape index (κ3) is 5.69. The Labute approximate surface area is 154 Å². The summed E-state index contributed by atoms with van der Waals surface area (Å²) in [6, 6.07) is 13.7. The minimum absolute atomic E-state index is 0.0123. The number of methoxy groups -OCH3 is 2. The van der Waals surface area contributed by atoms with Crippen molar-refractivity contribution in [3.8, 4) is 17.2 Å². The lowest BCUT2D eigenvalue weighted by atomic mass is 10.1. The number of carbonyl (C=O) groups is 1. The highest BCUT2D eigenvalue weighted by atomic mass is 16.5. The summed E-state index contributed by atoms with van der Waals surface area (Å²) >= 11 is 0. The molecular weight excluding hydrogens is 332 g/mol. The molecule has 0 N–H and O–H groups in total. The maximum Gasteiger partial charge on any atom is 0.305 e. The molecule has 0 bridgehead atoms. The van der Waals surface area contributed by atoms with Gasteiger partial charge in [-0.15, -0.1) is 0 Å². The van der Waals surface area contributed by atoms with Gasteiger partial charge in [0.2, 0.25) is 5.75 Å². The van der Waals surface area contributed by atoms with Crippen LogP contribution < -0.4 is 14.2 Å². The van der Waals surface area contributed by atoms with Gasteiger partial charge >= 0.3 is 5.97 Å². The lowest BCUT2D eigenvalue weighted by molar-refractivity contribution is -0.140. The zero-order chi connectivity index (χ0) is 18.9. The van der Waals surface area contributed by atoms with Crippen LogP contribution in [0.2, 0.25) is 0 Å². The molecule has 2 aromatic carbocycles. The second kappa shape index (κ2) is 9.70. The number of aryl methyl sites for hydroxylation is 1. The molecule has 2 aromatic rings. The summed E-state index contributed by atoms with van der Waals surface area (Å²) in [5.74, 6) is 1.50. The molecule has 0 atom stereocenters. The van der Waals surface area contributed by atoms with Gasteiger partial charge < -0.3 is 18.9 Å². The largest absolute Gasteiger partial charge is 0.490 e. The summed E-state index contributed by atoms with van der Waals surface area (Å²) in [7, 11) is 2.98. The van der Waals surface area contributed by atoms with Gasteiger partial charge in [-0.2, -0.15) is 0 Å². The molecule has 0 radical (unpaired) electrons. The average Bonchev–Trinajstić information content (AvgIpc) is 2.64. The smallest absolute Gasteiger partial charge is 0.305 e. The Hall–Kier alpha value is -2.69. The minimum Gasteiger partial charge on any atom is -0.490 e. The van der Waals surface area contributed by atoms with E-state index in [9.17, 15) is 4.79 Å². The van der Waals surface area contributed by atoms with Gasteiger partial charge in [-0.1, -0.05) is 30.3 Å². The summed E-state index contributed by atoms with van der Waals surface area (Å²) in [5, 5.41) is 0. The molecular formula is C21H26O5. The standard InChI is InChI=1S/C21H26O5/c1-15(2)26-19-13-17(10-11-20(22)23-3)12-18(21(19)24-4)25-14-16-8-6-5-7-9-16/h5-9,12-13,15H,10-11,14H2,1-4H3. The van der Waals surface area contributed by atoms with Gasteiger partial charge in [-0.3, -0.25) is 4.79 Å². The number of rotatable bonds is 9. The van der Waals surface area contributed by atoms with Crippen molar-refractivity contribution in [2.75, 3.05) is 14.2 Å². The third-order valence-electron chi connectivity index (χ3n) is 3.73. The predicted octanol–water partition coefficient (Wildman–Crippen LogP) is 4.17. The van der Waals surface area contributed by atoms with Crippen molar-refractivity contribution in [1.29, 1.82) is 0 Å². The normalized spacial score (nSPS) is 10.5. The molecule has 0 saturated heterocycles. The van der Waals surface area contributed by atoms with E-state index in [1.165, 1.54) is 7.11 Å². The highest BCUT2D eigenvalue weighted by molar-refractivity contribution is 5.69. The van der Waals surface area contributed by atoms with Crippen LogP contribution in [0, 0.1) is 0 Å². The highest BCUT2D eigenvalue weighted by Crippen LogP contribution is 2.40. The van der Waals surface area contributed by atoms with Crippen molar-refractivity contribution >= 4 is 5.97 Å². The Balaban J connectivity index is 2.27. The van der Waals surface area contributed by atoms with Crippen molar-refractivity contribution in [1.82, 2.24) is 0 Å². The second-order valence-corrected chi connectivity index (χ2v) is 6.14. The fraction of sp³-hybridized carbons (Fsp3) is 0.381. The number of esters is 1. The summed E-state index contributed by atoms with van der Waals surface area (Å²) in [4.78, 5) is 11.5. The average molecular weight is 358 g/mol. The van der Waals surface area contributed by atoms with Crippen molar-refractivity contribution in [3.05, 3.63) is 53.6 Å². The minimum atomic E-state index is -0.251. The van der Waals surface area contributed by atoms with Crippen LogP contribution in [0.15, 0.2) is 42.5 Å². The molecule has 26 heavy (non-hydrogen) atoms. The molecule has 0 heterocycles. The van der Waals surface area contributed by atoms with Gasteiger partial charge in [-0.05, 0) is 43.5 Å². The first-order chi connectivity index (χ1) is 12.5. The SMILES string of the molecule is COC(=O)CCc1cc(OCc2ccccc2)c(OC)c(OC(C)C)c1. The molecule has 0 aliphatic rings. The Morgan fingerprint density at radius 1 is 1.00 bits per heavy atom.